The Morgan fingerprint density at radius 2 is 2.00 bits per heavy atom. The molecular formula is C7H14N2O2S2. The number of amides is 2. The first-order valence-electron chi connectivity index (χ1n) is 3.81. The molecule has 2 amide bonds. The van der Waals surface area contributed by atoms with E-state index in [1.54, 1.807) is 18.8 Å². The molecule has 0 aromatic carbocycles. The molecule has 6 heteroatoms. The van der Waals surface area contributed by atoms with Crippen LogP contribution in [-0.4, -0.2) is 36.6 Å². The van der Waals surface area contributed by atoms with Crippen LogP contribution in [0.5, 0.6) is 0 Å². The number of thioether (sulfide) groups is 1. The highest BCUT2D eigenvalue weighted by molar-refractivity contribution is 7.99. The lowest BCUT2D eigenvalue weighted by Gasteiger charge is -2.02. The molecule has 2 N–H and O–H groups in total. The molecule has 76 valence electrons. The molecule has 0 heterocycles. The summed E-state index contributed by atoms with van der Waals surface area (Å²) in [6, 6.07) is 0. The highest BCUT2D eigenvalue weighted by Crippen LogP contribution is 1.98. The Labute approximate surface area is 86.7 Å². The minimum absolute atomic E-state index is 0.0248. The Kier molecular flexibility index (Phi) is 8.02. The second kappa shape index (κ2) is 8.25. The second-order valence-corrected chi connectivity index (χ2v) is 4.00. The third-order valence-electron chi connectivity index (χ3n) is 1.20. The summed E-state index contributed by atoms with van der Waals surface area (Å²) >= 11 is 2.75. The molecule has 0 aliphatic heterocycles. The third kappa shape index (κ3) is 7.98. The number of nitrogens with one attached hydrogen (secondary N) is 2. The summed E-state index contributed by atoms with van der Waals surface area (Å²) in [4.78, 5) is 21.7. The zero-order valence-electron chi connectivity index (χ0n) is 7.75. The van der Waals surface area contributed by atoms with Gasteiger partial charge in [0.15, 0.2) is 0 Å². The van der Waals surface area contributed by atoms with E-state index in [2.05, 4.69) is 10.0 Å². The Balaban J connectivity index is 3.31. The molecule has 0 aliphatic rings. The maximum absolute atomic E-state index is 11.0. The fourth-order valence-electron chi connectivity index (χ4n) is 0.500. The van der Waals surface area contributed by atoms with Crippen molar-refractivity contribution >= 4 is 35.5 Å². The molecule has 0 saturated heterocycles. The van der Waals surface area contributed by atoms with Crippen LogP contribution in [0.1, 0.15) is 6.42 Å². The van der Waals surface area contributed by atoms with Crippen LogP contribution in [0.3, 0.4) is 0 Å². The van der Waals surface area contributed by atoms with E-state index in [4.69, 9.17) is 0 Å². The van der Waals surface area contributed by atoms with Gasteiger partial charge in [0, 0.05) is 19.2 Å². The molecule has 0 atom stereocenters. The number of carbonyl (C=O) groups is 2. The van der Waals surface area contributed by atoms with Gasteiger partial charge >= 0.3 is 0 Å². The normalized spacial score (nSPS) is 9.38. The van der Waals surface area contributed by atoms with E-state index in [0.29, 0.717) is 6.42 Å². The van der Waals surface area contributed by atoms with Crippen molar-refractivity contribution in [3.63, 3.8) is 0 Å². The van der Waals surface area contributed by atoms with E-state index in [9.17, 15) is 9.59 Å². The Morgan fingerprint density at radius 3 is 2.54 bits per heavy atom. The molecule has 0 rings (SSSR count). The molecule has 0 radical (unpaired) electrons. The molecule has 0 unspecified atom stereocenters. The van der Waals surface area contributed by atoms with Crippen molar-refractivity contribution in [3.8, 4) is 0 Å². The molecule has 0 saturated carbocycles. The third-order valence-corrected chi connectivity index (χ3v) is 2.59. The first-order chi connectivity index (χ1) is 6.20. The van der Waals surface area contributed by atoms with Crippen molar-refractivity contribution in [2.24, 2.45) is 0 Å². The van der Waals surface area contributed by atoms with Crippen molar-refractivity contribution in [2.45, 2.75) is 6.42 Å². The summed E-state index contributed by atoms with van der Waals surface area (Å²) in [5, 5.41) is 2.47. The van der Waals surface area contributed by atoms with Gasteiger partial charge in [0.25, 0.3) is 0 Å². The van der Waals surface area contributed by atoms with E-state index in [1.807, 2.05) is 6.26 Å². The smallest absolute Gasteiger partial charge is 0.231 e. The molecule has 4 nitrogen and oxygen atoms in total. The molecule has 0 aromatic heterocycles. The molecular weight excluding hydrogens is 208 g/mol. The summed E-state index contributed by atoms with van der Waals surface area (Å²) in [7, 11) is 1.57. The number of rotatable bonds is 6. The zero-order chi connectivity index (χ0) is 10.1. The van der Waals surface area contributed by atoms with Gasteiger partial charge in [-0.3, -0.25) is 14.3 Å². The lowest BCUT2D eigenvalue weighted by atomic mass is 10.5. The average molecular weight is 222 g/mol. The van der Waals surface area contributed by atoms with Crippen LogP contribution in [-0.2, 0) is 9.59 Å². The number of hydrogen-bond acceptors (Lipinski definition) is 4. The van der Waals surface area contributed by atoms with Crippen LogP contribution in [0.2, 0.25) is 0 Å². The minimum atomic E-state index is -0.0878. The van der Waals surface area contributed by atoms with E-state index >= 15 is 0 Å². The van der Waals surface area contributed by atoms with Gasteiger partial charge in [-0.1, -0.05) is 0 Å². The maximum Gasteiger partial charge on any atom is 0.231 e. The van der Waals surface area contributed by atoms with Crippen LogP contribution < -0.4 is 10.0 Å². The first kappa shape index (κ1) is 12.6. The summed E-state index contributed by atoms with van der Waals surface area (Å²) in [5.41, 5.74) is 0. The summed E-state index contributed by atoms with van der Waals surface area (Å²) in [6.45, 7) is 0. The summed E-state index contributed by atoms with van der Waals surface area (Å²) in [6.07, 6.45) is 2.45. The predicted molar refractivity (Wildman–Crippen MR) is 57.7 cm³/mol. The molecule has 0 aliphatic carbocycles. The van der Waals surface area contributed by atoms with Gasteiger partial charge in [-0.2, -0.15) is 11.8 Å². The first-order valence-corrected chi connectivity index (χ1v) is 6.18. The quantitative estimate of drug-likeness (QED) is 0.633. The van der Waals surface area contributed by atoms with Crippen LogP contribution >= 0.6 is 23.7 Å². The van der Waals surface area contributed by atoms with Crippen molar-refractivity contribution in [3.05, 3.63) is 0 Å². The largest absolute Gasteiger partial charge is 0.358 e. The fourth-order valence-corrected chi connectivity index (χ4v) is 1.50. The van der Waals surface area contributed by atoms with Crippen LogP contribution in [0, 0.1) is 0 Å². The summed E-state index contributed by atoms with van der Waals surface area (Å²) < 4.78 is 2.59. The Morgan fingerprint density at radius 1 is 1.31 bits per heavy atom. The molecule has 0 aromatic rings. The van der Waals surface area contributed by atoms with Gasteiger partial charge in [-0.15, -0.1) is 0 Å². The SMILES string of the molecule is CNC(=O)CSNC(=O)CCSC. The Bertz CT molecular complexity index is 176. The van der Waals surface area contributed by atoms with Gasteiger partial charge in [0.2, 0.25) is 11.8 Å². The van der Waals surface area contributed by atoms with Crippen molar-refractivity contribution < 1.29 is 9.59 Å². The standard InChI is InChI=1S/C7H14N2O2S2/c1-8-7(11)5-13-9-6(10)3-4-12-2/h3-5H2,1-2H3,(H,8,11)(H,9,10). The van der Waals surface area contributed by atoms with E-state index < -0.39 is 0 Å². The predicted octanol–water partition coefficient (Wildman–Crippen LogP) is 0.250. The molecule has 0 fully saturated rings. The second-order valence-electron chi connectivity index (χ2n) is 2.23. The van der Waals surface area contributed by atoms with Gasteiger partial charge < -0.3 is 5.32 Å². The highest BCUT2D eigenvalue weighted by atomic mass is 32.2. The topological polar surface area (TPSA) is 58.2 Å². The number of carbonyl (C=O) groups excluding carboxylic acids is 2. The number of hydrogen-bond donors (Lipinski definition) is 2. The maximum atomic E-state index is 11.0. The van der Waals surface area contributed by atoms with E-state index in [1.165, 1.54) is 0 Å². The lowest BCUT2D eigenvalue weighted by Crippen LogP contribution is -2.24. The summed E-state index contributed by atoms with van der Waals surface area (Å²) in [5.74, 6) is 0.965. The van der Waals surface area contributed by atoms with E-state index in [-0.39, 0.29) is 17.6 Å². The molecule has 0 spiro atoms. The molecule has 0 bridgehead atoms. The fraction of sp³-hybridized carbons (Fsp3) is 0.714. The average Bonchev–Trinajstić information content (AvgIpc) is 2.14. The highest BCUT2D eigenvalue weighted by Gasteiger charge is 2.02. The van der Waals surface area contributed by atoms with E-state index in [0.717, 1.165) is 17.7 Å². The minimum Gasteiger partial charge on any atom is -0.358 e. The van der Waals surface area contributed by atoms with Gasteiger partial charge in [0.1, 0.15) is 0 Å². The zero-order valence-corrected chi connectivity index (χ0v) is 9.39. The van der Waals surface area contributed by atoms with Gasteiger partial charge in [0.05, 0.1) is 5.75 Å². The van der Waals surface area contributed by atoms with Crippen molar-refractivity contribution in [2.75, 3.05) is 24.8 Å². The van der Waals surface area contributed by atoms with Crippen molar-refractivity contribution in [1.82, 2.24) is 10.0 Å². The van der Waals surface area contributed by atoms with Gasteiger partial charge in [-0.25, -0.2) is 0 Å². The Hall–Kier alpha value is -0.360. The lowest BCUT2D eigenvalue weighted by molar-refractivity contribution is -0.118. The molecule has 13 heavy (non-hydrogen) atoms. The monoisotopic (exact) mass is 222 g/mol. The van der Waals surface area contributed by atoms with Crippen molar-refractivity contribution in [1.29, 1.82) is 0 Å². The van der Waals surface area contributed by atoms with Gasteiger partial charge in [-0.05, 0) is 18.2 Å². The van der Waals surface area contributed by atoms with Crippen LogP contribution in [0.15, 0.2) is 0 Å². The van der Waals surface area contributed by atoms with Crippen LogP contribution in [0.4, 0.5) is 0 Å². The van der Waals surface area contributed by atoms with Crippen LogP contribution in [0.25, 0.3) is 0 Å².